The molecular weight excluding hydrogens is 498 g/mol. The van der Waals surface area contributed by atoms with Gasteiger partial charge in [0.25, 0.3) is 0 Å². The highest BCUT2D eigenvalue weighted by molar-refractivity contribution is 9.13. The number of phenolic OH excluding ortho intramolecular Hbond substituents is 1. The van der Waals surface area contributed by atoms with Gasteiger partial charge < -0.3 is 10.1 Å². The number of benzene rings is 1. The molecule has 2 aromatic rings. The monoisotopic (exact) mass is 499 g/mol. The molecule has 2 rings (SSSR count). The van der Waals surface area contributed by atoms with E-state index in [1.165, 1.54) is 0 Å². The molecule has 7 heteroatoms. The molecule has 18 heavy (non-hydrogen) atoms. The zero-order chi connectivity index (χ0) is 13.4. The number of carbonyl (C=O) groups is 1. The second-order valence-corrected chi connectivity index (χ2v) is 6.88. The molecule has 1 aromatic heterocycles. The summed E-state index contributed by atoms with van der Waals surface area (Å²) in [6.07, 6.45) is 0. The smallest absolute Gasteiger partial charge is 0.213 e. The molecule has 94 valence electrons. The lowest BCUT2D eigenvalue weighted by Gasteiger charge is -2.05. The molecule has 0 saturated heterocycles. The maximum atomic E-state index is 12.3. The van der Waals surface area contributed by atoms with E-state index in [4.69, 9.17) is 0 Å². The van der Waals surface area contributed by atoms with E-state index < -0.39 is 0 Å². The summed E-state index contributed by atoms with van der Waals surface area (Å²) in [6.45, 7) is 0. The Morgan fingerprint density at radius 2 is 1.72 bits per heavy atom. The molecule has 0 bridgehead atoms. The fourth-order valence-corrected chi connectivity index (χ4v) is 3.29. The number of hydrogen-bond donors (Lipinski definition) is 2. The topological polar surface area (TPSA) is 53.1 Å². The Morgan fingerprint density at radius 3 is 2.28 bits per heavy atom. The van der Waals surface area contributed by atoms with E-state index in [1.807, 2.05) is 0 Å². The Kier molecular flexibility index (Phi) is 4.36. The van der Waals surface area contributed by atoms with Gasteiger partial charge in [-0.05, 0) is 66.0 Å². The van der Waals surface area contributed by atoms with Gasteiger partial charge in [0.15, 0.2) is 0 Å². The van der Waals surface area contributed by atoms with Crippen molar-refractivity contribution >= 4 is 69.5 Å². The minimum atomic E-state index is -0.291. The van der Waals surface area contributed by atoms with Crippen molar-refractivity contribution in [2.24, 2.45) is 0 Å². The van der Waals surface area contributed by atoms with Crippen molar-refractivity contribution in [3.05, 3.63) is 47.5 Å². The van der Waals surface area contributed by atoms with E-state index in [1.54, 1.807) is 18.2 Å². The molecule has 1 heterocycles. The number of nitrogens with one attached hydrogen (secondary N) is 1. The Morgan fingerprint density at radius 1 is 1.06 bits per heavy atom. The van der Waals surface area contributed by atoms with Crippen molar-refractivity contribution in [2.75, 3.05) is 0 Å². The second-order valence-electron chi connectivity index (χ2n) is 3.46. The molecule has 0 aliphatic rings. The number of carbonyl (C=O) groups excluding carboxylic acids is 1. The van der Waals surface area contributed by atoms with Gasteiger partial charge in [-0.1, -0.05) is 15.9 Å². The van der Waals surface area contributed by atoms with E-state index in [-0.39, 0.29) is 17.1 Å². The van der Waals surface area contributed by atoms with Crippen molar-refractivity contribution in [3.8, 4) is 5.75 Å². The average Bonchev–Trinajstić information content (AvgIpc) is 2.63. The number of H-pyrrole nitrogens is 1. The summed E-state index contributed by atoms with van der Waals surface area (Å²) < 4.78 is 2.60. The zero-order valence-electron chi connectivity index (χ0n) is 8.60. The van der Waals surface area contributed by atoms with Gasteiger partial charge in [-0.3, -0.25) is 4.79 Å². The van der Waals surface area contributed by atoms with Crippen LogP contribution in [0.3, 0.4) is 0 Å². The van der Waals surface area contributed by atoms with Crippen LogP contribution in [0.5, 0.6) is 5.75 Å². The van der Waals surface area contributed by atoms with E-state index in [9.17, 15) is 9.90 Å². The zero-order valence-corrected chi connectivity index (χ0v) is 14.9. The lowest BCUT2D eigenvalue weighted by atomic mass is 10.1. The third kappa shape index (κ3) is 2.74. The molecule has 0 unspecified atom stereocenters. The fraction of sp³-hybridized carbons (Fsp3) is 0. The van der Waals surface area contributed by atoms with E-state index in [2.05, 4.69) is 68.7 Å². The molecule has 0 amide bonds. The molecule has 0 fully saturated rings. The Labute approximate surface area is 136 Å². The van der Waals surface area contributed by atoms with Gasteiger partial charge in [0.2, 0.25) is 5.78 Å². The summed E-state index contributed by atoms with van der Waals surface area (Å²) >= 11 is 13.0. The van der Waals surface area contributed by atoms with E-state index >= 15 is 0 Å². The fourth-order valence-electron chi connectivity index (χ4n) is 1.41. The molecule has 0 radical (unpaired) electrons. The maximum Gasteiger partial charge on any atom is 0.213 e. The SMILES string of the molecule is O=C(c1cc(Br)c(Br)[nH]1)c1cc(Br)cc(Br)c1O. The number of ketones is 1. The first-order valence-corrected chi connectivity index (χ1v) is 7.84. The van der Waals surface area contributed by atoms with Crippen LogP contribution in [-0.4, -0.2) is 15.9 Å². The molecule has 2 N–H and O–H groups in total. The van der Waals surface area contributed by atoms with E-state index in [0.717, 1.165) is 4.47 Å². The summed E-state index contributed by atoms with van der Waals surface area (Å²) in [6, 6.07) is 4.90. The van der Waals surface area contributed by atoms with Crippen LogP contribution < -0.4 is 0 Å². The molecule has 0 saturated carbocycles. The number of hydrogen-bond acceptors (Lipinski definition) is 2. The maximum absolute atomic E-state index is 12.3. The summed E-state index contributed by atoms with van der Waals surface area (Å²) in [5.74, 6) is -0.369. The highest BCUT2D eigenvalue weighted by Crippen LogP contribution is 2.34. The Hall–Kier alpha value is -0.110. The van der Waals surface area contributed by atoms with Crippen LogP contribution in [0.1, 0.15) is 16.1 Å². The lowest BCUT2D eigenvalue weighted by molar-refractivity contribution is 0.103. The highest BCUT2D eigenvalue weighted by Gasteiger charge is 2.19. The lowest BCUT2D eigenvalue weighted by Crippen LogP contribution is -2.02. The van der Waals surface area contributed by atoms with Crippen LogP contribution in [0.15, 0.2) is 36.2 Å². The minimum absolute atomic E-state index is 0.0787. The normalized spacial score (nSPS) is 10.7. The molecule has 0 aliphatic carbocycles. The number of phenols is 1. The van der Waals surface area contributed by atoms with Crippen molar-refractivity contribution < 1.29 is 9.90 Å². The van der Waals surface area contributed by atoms with E-state index in [0.29, 0.717) is 19.2 Å². The van der Waals surface area contributed by atoms with Crippen LogP contribution in [0.25, 0.3) is 0 Å². The summed E-state index contributed by atoms with van der Waals surface area (Å²) in [4.78, 5) is 15.1. The number of aromatic hydroxyl groups is 1. The molecule has 1 aromatic carbocycles. The first kappa shape index (κ1) is 14.3. The van der Waals surface area contributed by atoms with Crippen LogP contribution in [-0.2, 0) is 0 Å². The molecule has 0 atom stereocenters. The molecule has 3 nitrogen and oxygen atoms in total. The number of aromatic amines is 1. The number of aromatic nitrogens is 1. The van der Waals surface area contributed by atoms with Crippen molar-refractivity contribution in [1.82, 2.24) is 4.98 Å². The van der Waals surface area contributed by atoms with Crippen molar-refractivity contribution in [1.29, 1.82) is 0 Å². The summed E-state index contributed by atoms with van der Waals surface area (Å²) in [5, 5.41) is 9.90. The predicted octanol–water partition coefficient (Wildman–Crippen LogP) is 5.00. The minimum Gasteiger partial charge on any atom is -0.506 e. The first-order chi connectivity index (χ1) is 8.40. The van der Waals surface area contributed by atoms with Crippen LogP contribution >= 0.6 is 63.7 Å². The summed E-state index contributed by atoms with van der Waals surface area (Å²) in [7, 11) is 0. The van der Waals surface area contributed by atoms with Gasteiger partial charge in [0.1, 0.15) is 5.75 Å². The average molecular weight is 503 g/mol. The second kappa shape index (κ2) is 5.48. The van der Waals surface area contributed by atoms with Crippen molar-refractivity contribution in [2.45, 2.75) is 0 Å². The van der Waals surface area contributed by atoms with Crippen molar-refractivity contribution in [3.63, 3.8) is 0 Å². The Balaban J connectivity index is 2.52. The van der Waals surface area contributed by atoms with Gasteiger partial charge in [-0.2, -0.15) is 0 Å². The first-order valence-electron chi connectivity index (χ1n) is 4.67. The highest BCUT2D eigenvalue weighted by atomic mass is 79.9. The summed E-state index contributed by atoms with van der Waals surface area (Å²) in [5.41, 5.74) is 0.603. The number of rotatable bonds is 2. The van der Waals surface area contributed by atoms with Gasteiger partial charge in [-0.15, -0.1) is 0 Å². The predicted molar refractivity (Wildman–Crippen MR) is 83.1 cm³/mol. The molecule has 0 aliphatic heterocycles. The number of halogens is 4. The quantitative estimate of drug-likeness (QED) is 0.568. The molecular formula is C11H5Br4NO2. The van der Waals surface area contributed by atoms with Gasteiger partial charge >= 0.3 is 0 Å². The van der Waals surface area contributed by atoms with Gasteiger partial charge in [0.05, 0.1) is 24.8 Å². The van der Waals surface area contributed by atoms with Crippen LogP contribution in [0.2, 0.25) is 0 Å². The third-order valence-corrected chi connectivity index (χ3v) is 5.09. The van der Waals surface area contributed by atoms with Gasteiger partial charge in [0, 0.05) is 4.47 Å². The largest absolute Gasteiger partial charge is 0.506 e. The van der Waals surface area contributed by atoms with Crippen LogP contribution in [0, 0.1) is 0 Å². The standard InChI is InChI=1S/C11H5Br4NO2/c12-4-1-5(9(17)6(13)2-4)10(18)8-3-7(14)11(15)16-8/h1-3,16-17H. The third-order valence-electron chi connectivity index (χ3n) is 2.24. The van der Waals surface area contributed by atoms with Gasteiger partial charge in [-0.25, -0.2) is 0 Å². The molecule has 0 spiro atoms. The Bertz CT molecular complexity index is 617. The van der Waals surface area contributed by atoms with Crippen LogP contribution in [0.4, 0.5) is 0 Å².